The number of rotatable bonds is 6. The molecule has 0 radical (unpaired) electrons. The second kappa shape index (κ2) is 14.2. The van der Waals surface area contributed by atoms with E-state index in [-0.39, 0.29) is 122 Å². The minimum absolute atomic E-state index is 0. The fourth-order valence-corrected chi connectivity index (χ4v) is 3.17. The van der Waals surface area contributed by atoms with Gasteiger partial charge in [0.2, 0.25) is 0 Å². The molecular weight excluding hydrogens is 535 g/mol. The van der Waals surface area contributed by atoms with E-state index in [4.69, 9.17) is 17.3 Å². The van der Waals surface area contributed by atoms with Gasteiger partial charge in [0.15, 0.2) is 11.5 Å². The fourth-order valence-electron chi connectivity index (χ4n) is 3.01. The van der Waals surface area contributed by atoms with Gasteiger partial charge in [-0.2, -0.15) is 5.10 Å². The van der Waals surface area contributed by atoms with Gasteiger partial charge in [0.05, 0.1) is 34.3 Å². The number of aromatic nitrogens is 2. The number of anilines is 1. The number of nitrogens with two attached hydrogens (primary N) is 1. The minimum atomic E-state index is -1.60. The van der Waals surface area contributed by atoms with Crippen molar-refractivity contribution < 1.29 is 118 Å². The first-order valence-corrected chi connectivity index (χ1v) is 10.1. The summed E-state index contributed by atoms with van der Waals surface area (Å²) in [6, 6.07) is 6.92. The van der Waals surface area contributed by atoms with Crippen LogP contribution >= 0.6 is 11.6 Å². The molecule has 176 valence electrons. The monoisotopic (exact) mass is 551 g/mol. The Labute approximate surface area is 283 Å². The average molecular weight is 552 g/mol. The standard InChI is InChI=1S/C22H20ClN5O6.3Na/c1-22(2,3)17-16(26-25-15-9-10(19(29)30)4-5-14(15)23)18(24)28(27-17)13-7-11(20(31)32)6-12(8-13)21(33)34;;;/h4-9H,24H2,1-3H3,(H,29,30)(H,31,32)(H,33,34);;;/q;3*+1/p-3. The van der Waals surface area contributed by atoms with E-state index in [0.29, 0.717) is 5.69 Å². The number of nitrogens with zero attached hydrogens (tertiary/aromatic N) is 4. The molecule has 3 aromatic rings. The van der Waals surface area contributed by atoms with Crippen LogP contribution in [0.4, 0.5) is 17.2 Å². The zero-order valence-corrected chi connectivity index (χ0v) is 27.9. The van der Waals surface area contributed by atoms with E-state index in [9.17, 15) is 29.7 Å². The van der Waals surface area contributed by atoms with Crippen LogP contribution in [0.15, 0.2) is 46.6 Å². The van der Waals surface area contributed by atoms with Gasteiger partial charge in [-0.1, -0.05) is 38.4 Å². The predicted octanol–water partition coefficient (Wildman–Crippen LogP) is -8.08. The quantitative estimate of drug-likeness (QED) is 0.231. The third-order valence-corrected chi connectivity index (χ3v) is 5.00. The maximum atomic E-state index is 11.4. The van der Waals surface area contributed by atoms with E-state index >= 15 is 0 Å². The van der Waals surface area contributed by atoms with Crippen molar-refractivity contribution in [1.29, 1.82) is 0 Å². The first-order valence-electron chi connectivity index (χ1n) is 9.69. The zero-order chi connectivity index (χ0) is 25.4. The minimum Gasteiger partial charge on any atom is -0.545 e. The normalized spacial score (nSPS) is 10.7. The molecule has 0 spiro atoms. The van der Waals surface area contributed by atoms with Gasteiger partial charge in [0.1, 0.15) is 5.69 Å². The SMILES string of the molecule is CC(C)(C)c1nn(-c2cc(C(=O)[O-])cc(C(=O)[O-])c2)c(N)c1N=Nc1cc(C(=O)[O-])ccc1Cl.[Na+].[Na+].[Na+]. The molecule has 0 fully saturated rings. The molecule has 0 saturated heterocycles. The molecule has 37 heavy (non-hydrogen) atoms. The summed E-state index contributed by atoms with van der Waals surface area (Å²) in [6.07, 6.45) is 0. The first kappa shape index (κ1) is 35.8. The summed E-state index contributed by atoms with van der Waals surface area (Å²) in [5.41, 5.74) is 5.11. The van der Waals surface area contributed by atoms with Crippen LogP contribution in [0.25, 0.3) is 5.69 Å². The second-order valence-corrected chi connectivity index (χ2v) is 8.65. The molecule has 0 aliphatic rings. The van der Waals surface area contributed by atoms with Crippen LogP contribution in [0.5, 0.6) is 0 Å². The Bertz CT molecular complexity index is 1340. The molecule has 15 heteroatoms. The van der Waals surface area contributed by atoms with Crippen LogP contribution in [-0.2, 0) is 5.41 Å². The van der Waals surface area contributed by atoms with E-state index in [0.717, 1.165) is 22.9 Å². The van der Waals surface area contributed by atoms with Crippen molar-refractivity contribution in [3.05, 3.63) is 63.8 Å². The number of benzene rings is 2. The van der Waals surface area contributed by atoms with Crippen LogP contribution in [0.3, 0.4) is 0 Å². The molecule has 0 amide bonds. The maximum absolute atomic E-state index is 11.4. The number of hydrogen-bond acceptors (Lipinski definition) is 10. The smallest absolute Gasteiger partial charge is 0.545 e. The summed E-state index contributed by atoms with van der Waals surface area (Å²) in [4.78, 5) is 33.9. The number of carboxylic acid groups (broad SMARTS) is 3. The summed E-state index contributed by atoms with van der Waals surface area (Å²) >= 11 is 6.09. The third kappa shape index (κ3) is 8.37. The number of aromatic carboxylic acids is 3. The number of carbonyl (C=O) groups excluding carboxylic acids is 3. The number of carboxylic acids is 3. The Kier molecular flexibility index (Phi) is 13.7. The Morgan fingerprint density at radius 1 is 0.865 bits per heavy atom. The van der Waals surface area contributed by atoms with E-state index in [1.807, 2.05) is 20.8 Å². The predicted molar refractivity (Wildman–Crippen MR) is 115 cm³/mol. The number of hydrogen-bond donors (Lipinski definition) is 1. The van der Waals surface area contributed by atoms with Crippen LogP contribution in [0, 0.1) is 0 Å². The van der Waals surface area contributed by atoms with Crippen LogP contribution in [0.2, 0.25) is 5.02 Å². The van der Waals surface area contributed by atoms with Gasteiger partial charge < -0.3 is 35.4 Å². The summed E-state index contributed by atoms with van der Waals surface area (Å²) in [7, 11) is 0. The Morgan fingerprint density at radius 3 is 1.84 bits per heavy atom. The van der Waals surface area contributed by atoms with Gasteiger partial charge in [0.25, 0.3) is 0 Å². The van der Waals surface area contributed by atoms with Crippen LogP contribution < -0.4 is 110 Å². The topological polar surface area (TPSA) is 189 Å². The molecule has 3 rings (SSSR count). The maximum Gasteiger partial charge on any atom is 1.00 e. The summed E-state index contributed by atoms with van der Waals surface area (Å²) in [5, 5.41) is 46.5. The first-order chi connectivity index (χ1) is 15.8. The van der Waals surface area contributed by atoms with Crippen molar-refractivity contribution in [3.8, 4) is 5.69 Å². The largest absolute Gasteiger partial charge is 1.00 e. The number of carbonyl (C=O) groups is 3. The molecule has 2 N–H and O–H groups in total. The molecule has 11 nitrogen and oxygen atoms in total. The van der Waals surface area contributed by atoms with Crippen molar-refractivity contribution >= 4 is 46.7 Å². The van der Waals surface area contributed by atoms with Gasteiger partial charge in [-0.05, 0) is 47.0 Å². The molecule has 0 saturated carbocycles. The molecule has 1 aromatic heterocycles. The van der Waals surface area contributed by atoms with Crippen LogP contribution in [0.1, 0.15) is 57.5 Å². The van der Waals surface area contributed by atoms with E-state index in [1.165, 1.54) is 18.2 Å². The number of nitrogen functional groups attached to an aromatic ring is 1. The van der Waals surface area contributed by atoms with Gasteiger partial charge in [0, 0.05) is 5.41 Å². The van der Waals surface area contributed by atoms with E-state index in [1.54, 1.807) is 0 Å². The summed E-state index contributed by atoms with van der Waals surface area (Å²) < 4.78 is 1.12. The third-order valence-electron chi connectivity index (χ3n) is 4.68. The van der Waals surface area contributed by atoms with E-state index < -0.39 is 34.4 Å². The second-order valence-electron chi connectivity index (χ2n) is 8.24. The summed E-state index contributed by atoms with van der Waals surface area (Å²) in [6.45, 7) is 5.43. The Morgan fingerprint density at radius 2 is 1.38 bits per heavy atom. The van der Waals surface area contributed by atoms with Crippen LogP contribution in [-0.4, -0.2) is 27.7 Å². The molecule has 2 aromatic carbocycles. The number of halogens is 1. The summed E-state index contributed by atoms with van der Waals surface area (Å²) in [5.74, 6) is -4.71. The van der Waals surface area contributed by atoms with Gasteiger partial charge in [-0.15, -0.1) is 10.2 Å². The Balaban J connectivity index is 0.00000432. The zero-order valence-electron chi connectivity index (χ0n) is 21.2. The van der Waals surface area contributed by atoms with Gasteiger partial charge in [-0.3, -0.25) is 0 Å². The molecule has 0 atom stereocenters. The molecule has 0 bridgehead atoms. The molecule has 0 aliphatic carbocycles. The van der Waals surface area contributed by atoms with Crippen molar-refractivity contribution in [3.63, 3.8) is 0 Å². The van der Waals surface area contributed by atoms with Crippen molar-refractivity contribution in [2.24, 2.45) is 10.2 Å². The van der Waals surface area contributed by atoms with Gasteiger partial charge in [-0.25, -0.2) is 4.68 Å². The fraction of sp³-hybridized carbons (Fsp3) is 0.182. The Hall–Kier alpha value is -1.25. The number of azo groups is 1. The molecule has 0 unspecified atom stereocenters. The molecular formula is C22H17ClN5Na3O6. The van der Waals surface area contributed by atoms with Crippen molar-refractivity contribution in [2.45, 2.75) is 26.2 Å². The average Bonchev–Trinajstić information content (AvgIpc) is 3.09. The van der Waals surface area contributed by atoms with Crippen molar-refractivity contribution in [2.75, 3.05) is 5.73 Å². The van der Waals surface area contributed by atoms with E-state index in [2.05, 4.69) is 15.3 Å². The van der Waals surface area contributed by atoms with Crippen molar-refractivity contribution in [1.82, 2.24) is 9.78 Å². The van der Waals surface area contributed by atoms with Gasteiger partial charge >= 0.3 is 88.7 Å². The molecule has 0 aliphatic heterocycles. The molecule has 1 heterocycles.